The molecule has 0 bridgehead atoms. The van der Waals surface area contributed by atoms with E-state index >= 15 is 0 Å². The van der Waals surface area contributed by atoms with Crippen molar-refractivity contribution in [3.8, 4) is 0 Å². The third-order valence-electron chi connectivity index (χ3n) is 2.57. The van der Waals surface area contributed by atoms with Crippen LogP contribution in [0.25, 0.3) is 0 Å². The number of hydrogen-bond acceptors (Lipinski definition) is 3. The van der Waals surface area contributed by atoms with Crippen molar-refractivity contribution in [1.82, 2.24) is 9.88 Å². The minimum absolute atomic E-state index is 0.692. The van der Waals surface area contributed by atoms with Crippen LogP contribution < -0.4 is 5.73 Å². The summed E-state index contributed by atoms with van der Waals surface area (Å²) in [5, 5.41) is 0. The van der Waals surface area contributed by atoms with Crippen molar-refractivity contribution in [3.05, 3.63) is 28.5 Å². The molecule has 4 heteroatoms. The van der Waals surface area contributed by atoms with Crippen LogP contribution in [0.4, 0.5) is 0 Å². The van der Waals surface area contributed by atoms with Gasteiger partial charge in [-0.2, -0.15) is 0 Å². The Morgan fingerprint density at radius 1 is 1.57 bits per heavy atom. The Morgan fingerprint density at radius 2 is 2.36 bits per heavy atom. The summed E-state index contributed by atoms with van der Waals surface area (Å²) in [6.45, 7) is 3.96. The number of aromatic nitrogens is 1. The summed E-state index contributed by atoms with van der Waals surface area (Å²) in [5.74, 6) is 0.692. The molecule has 14 heavy (non-hydrogen) atoms. The van der Waals surface area contributed by atoms with Crippen molar-refractivity contribution in [2.24, 2.45) is 11.7 Å². The number of likely N-dealkylation sites (tertiary alicyclic amines) is 1. The van der Waals surface area contributed by atoms with Crippen molar-refractivity contribution < 1.29 is 0 Å². The standard InChI is InChI=1S/C10H14BrN3/c11-9-2-1-3-13-10(9)7-14-5-8(4-12)6-14/h1-3,8H,4-7,12H2. The zero-order chi connectivity index (χ0) is 9.97. The van der Waals surface area contributed by atoms with Crippen LogP contribution in [0.1, 0.15) is 5.69 Å². The molecule has 1 saturated heterocycles. The molecular formula is C10H14BrN3. The zero-order valence-corrected chi connectivity index (χ0v) is 9.57. The van der Waals surface area contributed by atoms with Crippen LogP contribution in [0.15, 0.2) is 22.8 Å². The van der Waals surface area contributed by atoms with Crippen LogP contribution in [-0.2, 0) is 6.54 Å². The van der Waals surface area contributed by atoms with Gasteiger partial charge < -0.3 is 5.73 Å². The molecule has 1 fully saturated rings. The average Bonchev–Trinajstić information content (AvgIpc) is 2.13. The van der Waals surface area contributed by atoms with E-state index in [-0.39, 0.29) is 0 Å². The first-order valence-corrected chi connectivity index (χ1v) is 5.60. The topological polar surface area (TPSA) is 42.1 Å². The minimum atomic E-state index is 0.692. The van der Waals surface area contributed by atoms with E-state index < -0.39 is 0 Å². The fourth-order valence-corrected chi connectivity index (χ4v) is 2.08. The molecule has 2 rings (SSSR count). The van der Waals surface area contributed by atoms with Gasteiger partial charge in [0.2, 0.25) is 0 Å². The number of nitrogens with zero attached hydrogens (tertiary/aromatic N) is 2. The molecule has 1 aliphatic heterocycles. The maximum atomic E-state index is 5.57. The largest absolute Gasteiger partial charge is 0.330 e. The van der Waals surface area contributed by atoms with E-state index in [2.05, 4.69) is 25.8 Å². The van der Waals surface area contributed by atoms with Gasteiger partial charge in [-0.25, -0.2) is 0 Å². The fraction of sp³-hybridized carbons (Fsp3) is 0.500. The highest BCUT2D eigenvalue weighted by molar-refractivity contribution is 9.10. The summed E-state index contributed by atoms with van der Waals surface area (Å²) in [5.41, 5.74) is 6.68. The maximum absolute atomic E-state index is 5.57. The van der Waals surface area contributed by atoms with Gasteiger partial charge in [-0.3, -0.25) is 9.88 Å². The van der Waals surface area contributed by atoms with Gasteiger partial charge in [0.25, 0.3) is 0 Å². The molecule has 0 unspecified atom stereocenters. The fourth-order valence-electron chi connectivity index (χ4n) is 1.70. The summed E-state index contributed by atoms with van der Waals surface area (Å²) < 4.78 is 1.09. The Labute approximate surface area is 92.4 Å². The molecule has 76 valence electrons. The molecule has 1 aliphatic rings. The zero-order valence-electron chi connectivity index (χ0n) is 7.99. The first kappa shape index (κ1) is 10.1. The Morgan fingerprint density at radius 3 is 3.00 bits per heavy atom. The molecule has 0 amide bonds. The molecule has 2 heterocycles. The van der Waals surface area contributed by atoms with E-state index in [1.54, 1.807) is 0 Å². The number of halogens is 1. The molecule has 1 aromatic rings. The summed E-state index contributed by atoms with van der Waals surface area (Å²) >= 11 is 3.50. The third-order valence-corrected chi connectivity index (χ3v) is 3.30. The molecule has 0 spiro atoms. The predicted octanol–water partition coefficient (Wildman–Crippen LogP) is 1.23. The van der Waals surface area contributed by atoms with Crippen molar-refractivity contribution in [2.45, 2.75) is 6.54 Å². The van der Waals surface area contributed by atoms with Crippen LogP contribution in [0.2, 0.25) is 0 Å². The number of rotatable bonds is 3. The van der Waals surface area contributed by atoms with Gasteiger partial charge >= 0.3 is 0 Å². The Bertz CT molecular complexity index is 310. The van der Waals surface area contributed by atoms with E-state index in [1.807, 2.05) is 18.3 Å². The monoisotopic (exact) mass is 255 g/mol. The minimum Gasteiger partial charge on any atom is -0.330 e. The van der Waals surface area contributed by atoms with E-state index in [1.165, 1.54) is 0 Å². The van der Waals surface area contributed by atoms with Gasteiger partial charge in [-0.15, -0.1) is 0 Å². The molecule has 3 nitrogen and oxygen atoms in total. The first-order valence-electron chi connectivity index (χ1n) is 4.81. The lowest BCUT2D eigenvalue weighted by molar-refractivity contribution is 0.0962. The Balaban J connectivity index is 1.90. The summed E-state index contributed by atoms with van der Waals surface area (Å²) in [4.78, 5) is 6.70. The Hall–Kier alpha value is -0.450. The Kier molecular flexibility index (Phi) is 3.15. The highest BCUT2D eigenvalue weighted by atomic mass is 79.9. The van der Waals surface area contributed by atoms with E-state index in [0.29, 0.717) is 5.92 Å². The van der Waals surface area contributed by atoms with E-state index in [0.717, 1.165) is 36.3 Å². The molecular weight excluding hydrogens is 242 g/mol. The van der Waals surface area contributed by atoms with Crippen LogP contribution >= 0.6 is 15.9 Å². The van der Waals surface area contributed by atoms with Gasteiger partial charge in [0, 0.05) is 30.3 Å². The third kappa shape index (κ3) is 2.13. The van der Waals surface area contributed by atoms with Gasteiger partial charge in [-0.1, -0.05) is 0 Å². The normalized spacial score (nSPS) is 18.1. The lowest BCUT2D eigenvalue weighted by Gasteiger charge is -2.38. The highest BCUT2D eigenvalue weighted by Gasteiger charge is 2.25. The van der Waals surface area contributed by atoms with Crippen molar-refractivity contribution in [3.63, 3.8) is 0 Å². The average molecular weight is 256 g/mol. The summed E-state index contributed by atoms with van der Waals surface area (Å²) in [6.07, 6.45) is 1.83. The maximum Gasteiger partial charge on any atom is 0.0685 e. The molecule has 2 N–H and O–H groups in total. The molecule has 0 radical (unpaired) electrons. The second kappa shape index (κ2) is 4.38. The van der Waals surface area contributed by atoms with Crippen molar-refractivity contribution in [1.29, 1.82) is 0 Å². The lowest BCUT2D eigenvalue weighted by Crippen LogP contribution is -2.49. The van der Waals surface area contributed by atoms with Crippen LogP contribution in [-0.4, -0.2) is 29.5 Å². The van der Waals surface area contributed by atoms with Gasteiger partial charge in [0.1, 0.15) is 0 Å². The molecule has 0 aliphatic carbocycles. The van der Waals surface area contributed by atoms with Gasteiger partial charge in [-0.05, 0) is 40.5 Å². The van der Waals surface area contributed by atoms with Gasteiger partial charge in [0.15, 0.2) is 0 Å². The molecule has 0 atom stereocenters. The first-order chi connectivity index (χ1) is 6.79. The SMILES string of the molecule is NCC1CN(Cc2ncccc2Br)C1. The quantitative estimate of drug-likeness (QED) is 0.884. The van der Waals surface area contributed by atoms with Gasteiger partial charge in [0.05, 0.1) is 5.69 Å². The smallest absolute Gasteiger partial charge is 0.0685 e. The van der Waals surface area contributed by atoms with E-state index in [4.69, 9.17) is 5.73 Å². The lowest BCUT2D eigenvalue weighted by atomic mass is 10.0. The second-order valence-corrected chi connectivity index (χ2v) is 4.58. The van der Waals surface area contributed by atoms with Crippen LogP contribution in [0, 0.1) is 5.92 Å². The number of hydrogen-bond donors (Lipinski definition) is 1. The van der Waals surface area contributed by atoms with Crippen molar-refractivity contribution >= 4 is 15.9 Å². The second-order valence-electron chi connectivity index (χ2n) is 3.73. The molecule has 1 aromatic heterocycles. The highest BCUT2D eigenvalue weighted by Crippen LogP contribution is 2.20. The number of pyridine rings is 1. The van der Waals surface area contributed by atoms with E-state index in [9.17, 15) is 0 Å². The van der Waals surface area contributed by atoms with Crippen LogP contribution in [0.3, 0.4) is 0 Å². The predicted molar refractivity (Wildman–Crippen MR) is 59.8 cm³/mol. The molecule has 0 aromatic carbocycles. The number of nitrogens with two attached hydrogens (primary N) is 1. The molecule has 0 saturated carbocycles. The van der Waals surface area contributed by atoms with Crippen LogP contribution in [0.5, 0.6) is 0 Å². The summed E-state index contributed by atoms with van der Waals surface area (Å²) in [7, 11) is 0. The van der Waals surface area contributed by atoms with Crippen molar-refractivity contribution in [2.75, 3.05) is 19.6 Å². The summed E-state index contributed by atoms with van der Waals surface area (Å²) in [6, 6.07) is 3.97.